The Labute approximate surface area is 168 Å². The number of thiazole rings is 2. The summed E-state index contributed by atoms with van der Waals surface area (Å²) < 4.78 is 0. The Hall–Kier alpha value is -3.22. The molecule has 0 atom stereocenters. The van der Waals surface area contributed by atoms with Crippen LogP contribution in [0.2, 0.25) is 0 Å². The van der Waals surface area contributed by atoms with Gasteiger partial charge in [-0.15, -0.1) is 0 Å². The average Bonchev–Trinajstić information content (AvgIpc) is 3.32. The molecule has 4 nitrogen and oxygen atoms in total. The van der Waals surface area contributed by atoms with Gasteiger partial charge in [0.2, 0.25) is 0 Å². The predicted molar refractivity (Wildman–Crippen MR) is 117 cm³/mol. The third-order valence-electron chi connectivity index (χ3n) is 4.68. The summed E-state index contributed by atoms with van der Waals surface area (Å²) in [5, 5.41) is 4.23. The zero-order valence-electron chi connectivity index (χ0n) is 14.5. The highest BCUT2D eigenvalue weighted by molar-refractivity contribution is 7.29. The van der Waals surface area contributed by atoms with Crippen LogP contribution in [0.3, 0.4) is 0 Å². The summed E-state index contributed by atoms with van der Waals surface area (Å²) >= 11 is 3.27. The molecule has 2 aromatic carbocycles. The van der Waals surface area contributed by atoms with E-state index in [1.807, 2.05) is 36.7 Å². The lowest BCUT2D eigenvalue weighted by Gasteiger charge is -2.00. The Bertz CT molecular complexity index is 1340. The molecule has 0 saturated carbocycles. The van der Waals surface area contributed by atoms with E-state index >= 15 is 0 Å². The average molecular weight is 397 g/mol. The molecule has 4 heterocycles. The summed E-state index contributed by atoms with van der Waals surface area (Å²) in [6.45, 7) is 0. The summed E-state index contributed by atoms with van der Waals surface area (Å²) in [6, 6.07) is 20.6. The summed E-state index contributed by atoms with van der Waals surface area (Å²) in [7, 11) is 0. The van der Waals surface area contributed by atoms with Crippen molar-refractivity contribution in [3.8, 4) is 21.1 Å². The molecule has 6 heteroatoms. The number of benzene rings is 2. The molecule has 0 bridgehead atoms. The van der Waals surface area contributed by atoms with Crippen molar-refractivity contribution in [1.82, 2.24) is 19.9 Å². The van der Waals surface area contributed by atoms with E-state index in [0.29, 0.717) is 0 Å². The maximum atomic E-state index is 4.84. The van der Waals surface area contributed by atoms with Crippen molar-refractivity contribution in [1.29, 1.82) is 0 Å². The molecule has 0 radical (unpaired) electrons. The van der Waals surface area contributed by atoms with Crippen molar-refractivity contribution < 1.29 is 0 Å². The van der Waals surface area contributed by atoms with Gasteiger partial charge < -0.3 is 0 Å². The molecule has 6 rings (SSSR count). The normalized spacial score (nSPS) is 11.6. The lowest BCUT2D eigenvalue weighted by molar-refractivity contribution is 1.41. The Morgan fingerprint density at radius 1 is 0.571 bits per heavy atom. The number of fused-ring (bicyclic) bond motifs is 3. The monoisotopic (exact) mass is 396 g/mol. The van der Waals surface area contributed by atoms with Gasteiger partial charge in [-0.1, -0.05) is 34.8 Å². The Balaban J connectivity index is 1.41. The first-order chi connectivity index (χ1) is 13.8. The highest BCUT2D eigenvalue weighted by Crippen LogP contribution is 2.37. The second kappa shape index (κ2) is 6.15. The molecule has 0 aliphatic rings. The van der Waals surface area contributed by atoms with Crippen LogP contribution in [0, 0.1) is 0 Å². The topological polar surface area (TPSA) is 51.6 Å². The first-order valence-corrected chi connectivity index (χ1v) is 10.4. The lowest BCUT2D eigenvalue weighted by Crippen LogP contribution is -1.80. The van der Waals surface area contributed by atoms with Gasteiger partial charge in [-0.25, -0.2) is 9.97 Å². The van der Waals surface area contributed by atoms with Crippen LogP contribution in [-0.2, 0) is 0 Å². The van der Waals surface area contributed by atoms with Crippen LogP contribution in [0.15, 0.2) is 73.1 Å². The highest BCUT2D eigenvalue weighted by Gasteiger charge is 2.14. The number of hydrogen-bond acceptors (Lipinski definition) is 6. The SMILES string of the molecule is c1cnc2ccc(-c3nc4sc(-c5ccc6ncccc6c5)nc4s3)cc2c1. The number of hydrogen-bond donors (Lipinski definition) is 0. The van der Waals surface area contributed by atoms with Gasteiger partial charge in [0, 0.05) is 34.3 Å². The highest BCUT2D eigenvalue weighted by atomic mass is 32.1. The molecule has 4 aromatic heterocycles. The van der Waals surface area contributed by atoms with Gasteiger partial charge in [-0.2, -0.15) is 0 Å². The van der Waals surface area contributed by atoms with Crippen molar-refractivity contribution in [3.63, 3.8) is 0 Å². The molecular formula is C22H12N4S2. The minimum absolute atomic E-state index is 0.979. The fraction of sp³-hybridized carbons (Fsp3) is 0. The molecule has 0 N–H and O–H groups in total. The molecule has 28 heavy (non-hydrogen) atoms. The van der Waals surface area contributed by atoms with Gasteiger partial charge >= 0.3 is 0 Å². The van der Waals surface area contributed by atoms with E-state index in [4.69, 9.17) is 9.97 Å². The van der Waals surface area contributed by atoms with Crippen LogP contribution in [0.1, 0.15) is 0 Å². The molecule has 0 aliphatic heterocycles. The first-order valence-electron chi connectivity index (χ1n) is 8.81. The molecule has 0 spiro atoms. The maximum Gasteiger partial charge on any atom is 0.155 e. The lowest BCUT2D eigenvalue weighted by atomic mass is 10.1. The number of rotatable bonds is 2. The third kappa shape index (κ3) is 2.58. The Morgan fingerprint density at radius 2 is 1.07 bits per heavy atom. The van der Waals surface area contributed by atoms with Crippen molar-refractivity contribution in [2.24, 2.45) is 0 Å². The molecule has 0 unspecified atom stereocenters. The van der Waals surface area contributed by atoms with Crippen molar-refractivity contribution in [3.05, 3.63) is 73.1 Å². The van der Waals surface area contributed by atoms with E-state index in [9.17, 15) is 0 Å². The number of nitrogens with zero attached hydrogens (tertiary/aromatic N) is 4. The molecule has 0 fully saturated rings. The van der Waals surface area contributed by atoms with Gasteiger partial charge in [-0.05, 0) is 48.5 Å². The van der Waals surface area contributed by atoms with Gasteiger partial charge in [0.05, 0.1) is 11.0 Å². The van der Waals surface area contributed by atoms with E-state index in [-0.39, 0.29) is 0 Å². The fourth-order valence-corrected chi connectivity index (χ4v) is 5.34. The smallest absolute Gasteiger partial charge is 0.155 e. The van der Waals surface area contributed by atoms with Gasteiger partial charge in [0.25, 0.3) is 0 Å². The molecule has 0 amide bonds. The summed E-state index contributed by atoms with van der Waals surface area (Å²) in [5.41, 5.74) is 4.20. The number of pyridine rings is 2. The maximum absolute atomic E-state index is 4.84. The van der Waals surface area contributed by atoms with Crippen LogP contribution < -0.4 is 0 Å². The summed E-state index contributed by atoms with van der Waals surface area (Å²) in [6.07, 6.45) is 3.63. The molecular weight excluding hydrogens is 384 g/mol. The minimum Gasteiger partial charge on any atom is -0.256 e. The quantitative estimate of drug-likeness (QED) is 0.350. The van der Waals surface area contributed by atoms with Gasteiger partial charge in [-0.3, -0.25) is 9.97 Å². The van der Waals surface area contributed by atoms with Crippen LogP contribution >= 0.6 is 22.7 Å². The van der Waals surface area contributed by atoms with Crippen molar-refractivity contribution in [2.45, 2.75) is 0 Å². The van der Waals surface area contributed by atoms with Crippen LogP contribution in [-0.4, -0.2) is 19.9 Å². The second-order valence-electron chi connectivity index (χ2n) is 6.47. The zero-order chi connectivity index (χ0) is 18.5. The van der Waals surface area contributed by atoms with Crippen molar-refractivity contribution >= 4 is 54.1 Å². The number of aromatic nitrogens is 4. The second-order valence-corrected chi connectivity index (χ2v) is 8.43. The Morgan fingerprint density at radius 3 is 1.57 bits per heavy atom. The standard InChI is InChI=1S/C22H12N4S2/c1-3-13-11-15(5-7-17(13)23-9-1)19-25-21-22(27-19)26-20(28-21)16-6-8-18-14(12-16)4-2-10-24-18/h1-12H. The predicted octanol–water partition coefficient (Wildman–Crippen LogP) is 6.18. The van der Waals surface area contributed by atoms with Gasteiger partial charge in [0.1, 0.15) is 10.0 Å². The van der Waals surface area contributed by atoms with Crippen molar-refractivity contribution in [2.75, 3.05) is 0 Å². The van der Waals surface area contributed by atoms with Crippen LogP contribution in [0.5, 0.6) is 0 Å². The minimum atomic E-state index is 0.979. The van der Waals surface area contributed by atoms with E-state index in [1.165, 1.54) is 0 Å². The van der Waals surface area contributed by atoms with Crippen LogP contribution in [0.4, 0.5) is 0 Å². The van der Waals surface area contributed by atoms with Crippen LogP contribution in [0.25, 0.3) is 52.6 Å². The largest absolute Gasteiger partial charge is 0.256 e. The first kappa shape index (κ1) is 15.8. The summed E-state index contributed by atoms with van der Waals surface area (Å²) in [4.78, 5) is 20.4. The van der Waals surface area contributed by atoms with Gasteiger partial charge in [0.15, 0.2) is 9.66 Å². The molecule has 0 aliphatic carbocycles. The zero-order valence-corrected chi connectivity index (χ0v) is 16.2. The van der Waals surface area contributed by atoms with E-state index < -0.39 is 0 Å². The summed E-state index contributed by atoms with van der Waals surface area (Å²) in [5.74, 6) is 0. The third-order valence-corrected chi connectivity index (χ3v) is 6.80. The Kier molecular flexibility index (Phi) is 3.47. The molecule has 6 aromatic rings. The van der Waals surface area contributed by atoms with E-state index in [2.05, 4.69) is 46.4 Å². The van der Waals surface area contributed by atoms with E-state index in [0.717, 1.165) is 52.6 Å². The molecule has 132 valence electrons. The molecule has 0 saturated heterocycles. The fourth-order valence-electron chi connectivity index (χ4n) is 3.31. The van der Waals surface area contributed by atoms with E-state index in [1.54, 1.807) is 22.7 Å².